The summed E-state index contributed by atoms with van der Waals surface area (Å²) in [5.41, 5.74) is 5.10. The lowest BCUT2D eigenvalue weighted by Gasteiger charge is -2.16. The van der Waals surface area contributed by atoms with Gasteiger partial charge in [0.2, 0.25) is 0 Å². The van der Waals surface area contributed by atoms with Crippen LogP contribution in [0, 0.1) is 24.3 Å². The smallest absolute Gasteiger partial charge is 0.263 e. The standard InChI is InChI=1S/C18H16IN3O2S/c1-9-6-13(4-5-15(9)19)22-10(2)7-12(11(22)3)8-14-16(23)20-18(25)21-17(14)24/h4-8H,1-3H3,(H2,20,21,23,24,25). The summed E-state index contributed by atoms with van der Waals surface area (Å²) in [6.07, 6.45) is 1.60. The number of carbonyl (C=O) groups is 2. The Morgan fingerprint density at radius 1 is 1.08 bits per heavy atom. The fourth-order valence-electron chi connectivity index (χ4n) is 2.86. The van der Waals surface area contributed by atoms with Crippen LogP contribution in [0.4, 0.5) is 0 Å². The molecule has 2 aromatic rings. The number of hydrogen-bond acceptors (Lipinski definition) is 3. The second kappa shape index (κ2) is 6.72. The van der Waals surface area contributed by atoms with Gasteiger partial charge in [-0.1, -0.05) is 0 Å². The van der Waals surface area contributed by atoms with Gasteiger partial charge in [-0.2, -0.15) is 0 Å². The van der Waals surface area contributed by atoms with Crippen LogP contribution in [0.1, 0.15) is 22.5 Å². The minimum absolute atomic E-state index is 0.0342. The monoisotopic (exact) mass is 465 g/mol. The fourth-order valence-corrected chi connectivity index (χ4v) is 3.38. The largest absolute Gasteiger partial charge is 0.318 e. The number of nitrogens with zero attached hydrogens (tertiary/aromatic N) is 1. The summed E-state index contributed by atoms with van der Waals surface area (Å²) in [6.45, 7) is 6.04. The van der Waals surface area contributed by atoms with Gasteiger partial charge in [-0.05, 0) is 97.0 Å². The number of aromatic nitrogens is 1. The lowest BCUT2D eigenvalue weighted by atomic mass is 10.1. The van der Waals surface area contributed by atoms with Gasteiger partial charge < -0.3 is 4.57 Å². The summed E-state index contributed by atoms with van der Waals surface area (Å²) in [6, 6.07) is 8.22. The van der Waals surface area contributed by atoms with Crippen LogP contribution in [0.5, 0.6) is 0 Å². The van der Waals surface area contributed by atoms with Gasteiger partial charge in [0.15, 0.2) is 5.11 Å². The average Bonchev–Trinajstić information content (AvgIpc) is 2.80. The average molecular weight is 465 g/mol. The fraction of sp³-hybridized carbons (Fsp3) is 0.167. The van der Waals surface area contributed by atoms with Crippen molar-refractivity contribution < 1.29 is 9.59 Å². The van der Waals surface area contributed by atoms with Gasteiger partial charge in [0.05, 0.1) is 0 Å². The third-order valence-electron chi connectivity index (χ3n) is 4.11. The van der Waals surface area contributed by atoms with Gasteiger partial charge in [0.25, 0.3) is 11.8 Å². The Morgan fingerprint density at radius 2 is 1.72 bits per heavy atom. The highest BCUT2D eigenvalue weighted by Gasteiger charge is 2.26. The molecule has 1 aliphatic heterocycles. The number of carbonyl (C=O) groups excluding carboxylic acids is 2. The van der Waals surface area contributed by atoms with Crippen molar-refractivity contribution in [3.8, 4) is 5.69 Å². The van der Waals surface area contributed by atoms with E-state index in [-0.39, 0.29) is 10.7 Å². The van der Waals surface area contributed by atoms with Gasteiger partial charge in [0, 0.05) is 20.6 Å². The van der Waals surface area contributed by atoms with Gasteiger partial charge in [-0.25, -0.2) is 0 Å². The molecule has 1 saturated heterocycles. The van der Waals surface area contributed by atoms with E-state index in [2.05, 4.69) is 62.9 Å². The van der Waals surface area contributed by atoms with Crippen LogP contribution in [-0.2, 0) is 9.59 Å². The molecule has 0 spiro atoms. The summed E-state index contributed by atoms with van der Waals surface area (Å²) in [5.74, 6) is -0.965. The zero-order chi connectivity index (χ0) is 18.3. The summed E-state index contributed by atoms with van der Waals surface area (Å²) in [5, 5.41) is 4.94. The summed E-state index contributed by atoms with van der Waals surface area (Å²) < 4.78 is 3.32. The highest BCUT2D eigenvalue weighted by molar-refractivity contribution is 14.1. The molecule has 3 rings (SSSR count). The first kappa shape index (κ1) is 17.8. The minimum Gasteiger partial charge on any atom is -0.318 e. The van der Waals surface area contributed by atoms with E-state index in [4.69, 9.17) is 12.2 Å². The maximum Gasteiger partial charge on any atom is 0.263 e. The molecule has 7 heteroatoms. The molecule has 25 heavy (non-hydrogen) atoms. The van der Waals surface area contributed by atoms with Crippen molar-refractivity contribution in [3.05, 3.63) is 55.9 Å². The van der Waals surface area contributed by atoms with Crippen LogP contribution in [0.2, 0.25) is 0 Å². The topological polar surface area (TPSA) is 63.1 Å². The molecule has 128 valence electrons. The predicted octanol–water partition coefficient (Wildman–Crippen LogP) is 2.92. The highest BCUT2D eigenvalue weighted by atomic mass is 127. The van der Waals surface area contributed by atoms with Gasteiger partial charge in [-0.3, -0.25) is 20.2 Å². The Morgan fingerprint density at radius 3 is 2.32 bits per heavy atom. The molecule has 0 unspecified atom stereocenters. The first-order valence-corrected chi connectivity index (χ1v) is 9.10. The molecule has 1 aliphatic rings. The summed E-state index contributed by atoms with van der Waals surface area (Å²) >= 11 is 7.13. The van der Waals surface area contributed by atoms with Crippen molar-refractivity contribution in [2.24, 2.45) is 0 Å². The lowest BCUT2D eigenvalue weighted by Crippen LogP contribution is -2.51. The van der Waals surface area contributed by atoms with Gasteiger partial charge >= 0.3 is 0 Å². The molecule has 1 aromatic heterocycles. The van der Waals surface area contributed by atoms with Crippen LogP contribution < -0.4 is 10.6 Å². The number of benzene rings is 1. The molecular weight excluding hydrogens is 449 g/mol. The molecule has 2 amide bonds. The number of halogens is 1. The molecule has 1 aromatic carbocycles. The molecule has 1 fully saturated rings. The van der Waals surface area contributed by atoms with Crippen LogP contribution in [0.25, 0.3) is 11.8 Å². The summed E-state index contributed by atoms with van der Waals surface area (Å²) in [7, 11) is 0. The number of rotatable bonds is 2. The molecule has 0 atom stereocenters. The molecule has 0 aliphatic carbocycles. The van der Waals surface area contributed by atoms with E-state index in [1.807, 2.05) is 19.9 Å². The Bertz CT molecular complexity index is 937. The molecule has 2 heterocycles. The zero-order valence-electron chi connectivity index (χ0n) is 13.9. The second-order valence-corrected chi connectivity index (χ2v) is 7.46. The third-order valence-corrected chi connectivity index (χ3v) is 5.53. The lowest BCUT2D eigenvalue weighted by molar-refractivity contribution is -0.123. The third kappa shape index (κ3) is 3.38. The van der Waals surface area contributed by atoms with Gasteiger partial charge in [0.1, 0.15) is 5.57 Å². The van der Waals surface area contributed by atoms with Gasteiger partial charge in [-0.15, -0.1) is 0 Å². The van der Waals surface area contributed by atoms with E-state index >= 15 is 0 Å². The maximum absolute atomic E-state index is 12.0. The maximum atomic E-state index is 12.0. The number of amides is 2. The normalized spacial score (nSPS) is 14.4. The van der Waals surface area contributed by atoms with E-state index < -0.39 is 11.8 Å². The Hall–Kier alpha value is -2.00. The summed E-state index contributed by atoms with van der Waals surface area (Å²) in [4.78, 5) is 24.1. The van der Waals surface area contributed by atoms with E-state index in [0.717, 1.165) is 22.6 Å². The first-order valence-electron chi connectivity index (χ1n) is 7.61. The van der Waals surface area contributed by atoms with E-state index in [1.165, 1.54) is 9.13 Å². The predicted molar refractivity (Wildman–Crippen MR) is 110 cm³/mol. The van der Waals surface area contributed by atoms with Crippen molar-refractivity contribution in [1.29, 1.82) is 0 Å². The Labute approximate surface area is 164 Å². The van der Waals surface area contributed by atoms with Crippen LogP contribution in [-0.4, -0.2) is 21.5 Å². The second-order valence-electron chi connectivity index (χ2n) is 5.89. The van der Waals surface area contributed by atoms with Crippen molar-refractivity contribution in [1.82, 2.24) is 15.2 Å². The van der Waals surface area contributed by atoms with Crippen molar-refractivity contribution in [2.45, 2.75) is 20.8 Å². The van der Waals surface area contributed by atoms with Crippen LogP contribution >= 0.6 is 34.8 Å². The molecule has 0 saturated carbocycles. The Kier molecular flexibility index (Phi) is 4.79. The van der Waals surface area contributed by atoms with Crippen LogP contribution in [0.3, 0.4) is 0 Å². The molecule has 5 nitrogen and oxygen atoms in total. The van der Waals surface area contributed by atoms with E-state index in [0.29, 0.717) is 0 Å². The SMILES string of the molecule is Cc1cc(-n2c(C)cc(C=C3C(=O)NC(=S)NC3=O)c2C)ccc1I. The molecule has 0 bridgehead atoms. The number of thiocarbonyl (C=S) groups is 1. The van der Waals surface area contributed by atoms with E-state index in [9.17, 15) is 9.59 Å². The number of hydrogen-bond donors (Lipinski definition) is 2. The first-order chi connectivity index (χ1) is 11.8. The van der Waals surface area contributed by atoms with Crippen LogP contribution in [0.15, 0.2) is 29.8 Å². The van der Waals surface area contributed by atoms with Crippen molar-refractivity contribution >= 4 is 57.8 Å². The number of aryl methyl sites for hydroxylation is 2. The quantitative estimate of drug-likeness (QED) is 0.311. The van der Waals surface area contributed by atoms with E-state index in [1.54, 1.807) is 6.08 Å². The minimum atomic E-state index is -0.483. The molecule has 2 N–H and O–H groups in total. The Balaban J connectivity index is 2.07. The number of nitrogens with one attached hydrogen (secondary N) is 2. The molecule has 0 radical (unpaired) electrons. The zero-order valence-corrected chi connectivity index (χ0v) is 16.9. The molecular formula is C18H16IN3O2S. The highest BCUT2D eigenvalue weighted by Crippen LogP contribution is 2.25. The van der Waals surface area contributed by atoms with Crippen molar-refractivity contribution in [3.63, 3.8) is 0 Å². The van der Waals surface area contributed by atoms with Crippen molar-refractivity contribution in [2.75, 3.05) is 0 Å².